The fraction of sp³-hybridized carbons (Fsp3) is 0.500. The summed E-state index contributed by atoms with van der Waals surface area (Å²) in [5.41, 5.74) is 7.45. The molecular formula is C16H25NO4. The first kappa shape index (κ1) is 19.0. The summed E-state index contributed by atoms with van der Waals surface area (Å²) in [6.07, 6.45) is 1.88. The van der Waals surface area contributed by atoms with Gasteiger partial charge >= 0.3 is 11.9 Å². The lowest BCUT2D eigenvalue weighted by Crippen LogP contribution is -2.12. The second-order valence-electron chi connectivity index (χ2n) is 4.16. The zero-order valence-corrected chi connectivity index (χ0v) is 13.1. The zero-order chi connectivity index (χ0) is 16.1. The quantitative estimate of drug-likeness (QED) is 0.475. The number of hydrogen-bond donors (Lipinski definition) is 1. The molecule has 0 aliphatic heterocycles. The number of esters is 2. The highest BCUT2D eigenvalue weighted by Gasteiger charge is 2.03. The average Bonchev–Trinajstić information content (AvgIpc) is 2.48. The molecule has 0 bridgehead atoms. The Hall–Kier alpha value is -2.04. The molecule has 2 N–H and O–H groups in total. The van der Waals surface area contributed by atoms with Crippen LogP contribution >= 0.6 is 0 Å². The highest BCUT2D eigenvalue weighted by atomic mass is 16.6. The SMILES string of the molecule is CC.CC(=O)OCCOC(=O)CCCc1ccc(N)cc1. The van der Waals surface area contributed by atoms with Crippen LogP contribution in [0.3, 0.4) is 0 Å². The lowest BCUT2D eigenvalue weighted by atomic mass is 10.1. The summed E-state index contributed by atoms with van der Waals surface area (Å²) < 4.78 is 9.56. The van der Waals surface area contributed by atoms with Crippen LogP contribution in [0.1, 0.15) is 39.2 Å². The number of rotatable bonds is 7. The van der Waals surface area contributed by atoms with Crippen molar-refractivity contribution in [3.63, 3.8) is 0 Å². The number of nitrogen functional groups attached to an aromatic ring is 1. The lowest BCUT2D eigenvalue weighted by Gasteiger charge is -2.05. The molecule has 1 aromatic rings. The fourth-order valence-electron chi connectivity index (χ4n) is 1.53. The van der Waals surface area contributed by atoms with Gasteiger partial charge < -0.3 is 15.2 Å². The Bertz CT molecular complexity index is 415. The predicted octanol–water partition coefficient (Wildman–Crippen LogP) is 2.72. The molecule has 0 unspecified atom stereocenters. The Labute approximate surface area is 126 Å². The van der Waals surface area contributed by atoms with Crippen molar-refractivity contribution in [1.29, 1.82) is 0 Å². The molecule has 0 aromatic heterocycles. The molecule has 0 spiro atoms. The normalized spacial score (nSPS) is 9.29. The molecule has 118 valence electrons. The summed E-state index contributed by atoms with van der Waals surface area (Å²) in [6.45, 7) is 5.54. The third-order valence-electron chi connectivity index (χ3n) is 2.48. The van der Waals surface area contributed by atoms with Crippen LogP contribution in [0.4, 0.5) is 5.69 Å². The van der Waals surface area contributed by atoms with Crippen molar-refractivity contribution < 1.29 is 19.1 Å². The molecule has 21 heavy (non-hydrogen) atoms. The molecule has 1 aromatic carbocycles. The van der Waals surface area contributed by atoms with E-state index in [-0.39, 0.29) is 25.2 Å². The summed E-state index contributed by atoms with van der Waals surface area (Å²) >= 11 is 0. The lowest BCUT2D eigenvalue weighted by molar-refractivity contribution is -0.151. The van der Waals surface area contributed by atoms with Crippen LogP contribution < -0.4 is 5.73 Å². The van der Waals surface area contributed by atoms with Gasteiger partial charge in [-0.3, -0.25) is 9.59 Å². The largest absolute Gasteiger partial charge is 0.462 e. The van der Waals surface area contributed by atoms with Gasteiger partial charge in [-0.15, -0.1) is 0 Å². The number of benzene rings is 1. The Morgan fingerprint density at radius 2 is 1.62 bits per heavy atom. The van der Waals surface area contributed by atoms with Crippen LogP contribution in [0.2, 0.25) is 0 Å². The van der Waals surface area contributed by atoms with Gasteiger partial charge in [0.05, 0.1) is 0 Å². The van der Waals surface area contributed by atoms with Gasteiger partial charge in [0.2, 0.25) is 0 Å². The van der Waals surface area contributed by atoms with Crippen molar-refractivity contribution in [2.24, 2.45) is 0 Å². The molecule has 0 fully saturated rings. The van der Waals surface area contributed by atoms with Gasteiger partial charge in [0.25, 0.3) is 0 Å². The first-order valence-corrected chi connectivity index (χ1v) is 7.21. The summed E-state index contributed by atoms with van der Waals surface area (Å²) in [4.78, 5) is 21.8. The maximum atomic E-state index is 11.3. The van der Waals surface area contributed by atoms with Crippen molar-refractivity contribution in [2.45, 2.75) is 40.0 Å². The number of aryl methyl sites for hydroxylation is 1. The molecule has 0 saturated carbocycles. The molecular weight excluding hydrogens is 270 g/mol. The number of ether oxygens (including phenoxy) is 2. The Balaban J connectivity index is 0.00000191. The zero-order valence-electron chi connectivity index (χ0n) is 13.1. The van der Waals surface area contributed by atoms with Crippen molar-refractivity contribution in [3.05, 3.63) is 29.8 Å². The van der Waals surface area contributed by atoms with E-state index in [0.717, 1.165) is 24.1 Å². The topological polar surface area (TPSA) is 78.6 Å². The van der Waals surface area contributed by atoms with Crippen LogP contribution in [0.15, 0.2) is 24.3 Å². The maximum absolute atomic E-state index is 11.3. The average molecular weight is 295 g/mol. The number of carbonyl (C=O) groups excluding carboxylic acids is 2. The standard InChI is InChI=1S/C14H19NO4.C2H6/c1-11(16)18-9-10-19-14(17)4-2-3-12-5-7-13(15)8-6-12;1-2/h5-8H,2-4,9-10,15H2,1H3;1-2H3. The highest BCUT2D eigenvalue weighted by molar-refractivity contribution is 5.69. The predicted molar refractivity (Wildman–Crippen MR) is 82.7 cm³/mol. The molecule has 0 aliphatic rings. The maximum Gasteiger partial charge on any atom is 0.305 e. The molecule has 0 heterocycles. The first-order chi connectivity index (χ1) is 10.1. The molecule has 1 rings (SSSR count). The summed E-state index contributed by atoms with van der Waals surface area (Å²) in [7, 11) is 0. The Morgan fingerprint density at radius 1 is 1.05 bits per heavy atom. The second-order valence-corrected chi connectivity index (χ2v) is 4.16. The van der Waals surface area contributed by atoms with E-state index >= 15 is 0 Å². The molecule has 5 heteroatoms. The van der Waals surface area contributed by atoms with Crippen molar-refractivity contribution >= 4 is 17.6 Å². The third-order valence-corrected chi connectivity index (χ3v) is 2.48. The van der Waals surface area contributed by atoms with Gasteiger partial charge in [0, 0.05) is 19.0 Å². The van der Waals surface area contributed by atoms with Crippen LogP contribution in [-0.2, 0) is 25.5 Å². The van der Waals surface area contributed by atoms with E-state index in [9.17, 15) is 9.59 Å². The molecule has 0 aliphatic carbocycles. The van der Waals surface area contributed by atoms with E-state index in [1.165, 1.54) is 6.92 Å². The molecule has 0 amide bonds. The summed E-state index contributed by atoms with van der Waals surface area (Å²) in [5, 5.41) is 0. The van der Waals surface area contributed by atoms with E-state index in [2.05, 4.69) is 4.74 Å². The third kappa shape index (κ3) is 10.4. The second kappa shape index (κ2) is 11.8. The number of anilines is 1. The van der Waals surface area contributed by atoms with Gasteiger partial charge in [-0.1, -0.05) is 26.0 Å². The smallest absolute Gasteiger partial charge is 0.305 e. The minimum atomic E-state index is -0.376. The number of carbonyl (C=O) groups is 2. The first-order valence-electron chi connectivity index (χ1n) is 7.21. The summed E-state index contributed by atoms with van der Waals surface area (Å²) in [6, 6.07) is 7.57. The van der Waals surface area contributed by atoms with E-state index < -0.39 is 0 Å². The number of hydrogen-bond acceptors (Lipinski definition) is 5. The van der Waals surface area contributed by atoms with Crippen molar-refractivity contribution in [1.82, 2.24) is 0 Å². The Morgan fingerprint density at radius 3 is 2.19 bits per heavy atom. The fourth-order valence-corrected chi connectivity index (χ4v) is 1.53. The van der Waals surface area contributed by atoms with Crippen molar-refractivity contribution in [2.75, 3.05) is 18.9 Å². The van der Waals surface area contributed by atoms with Gasteiger partial charge in [-0.05, 0) is 30.5 Å². The van der Waals surface area contributed by atoms with E-state index in [1.807, 2.05) is 38.1 Å². The monoisotopic (exact) mass is 295 g/mol. The van der Waals surface area contributed by atoms with E-state index in [0.29, 0.717) is 6.42 Å². The minimum Gasteiger partial charge on any atom is -0.462 e. The Kier molecular flexibility index (Phi) is 10.6. The molecule has 5 nitrogen and oxygen atoms in total. The van der Waals surface area contributed by atoms with Gasteiger partial charge in [0.1, 0.15) is 13.2 Å². The molecule has 0 atom stereocenters. The summed E-state index contributed by atoms with van der Waals surface area (Å²) in [5.74, 6) is -0.651. The van der Waals surface area contributed by atoms with Crippen LogP contribution in [-0.4, -0.2) is 25.2 Å². The van der Waals surface area contributed by atoms with Gasteiger partial charge in [-0.2, -0.15) is 0 Å². The molecule has 0 radical (unpaired) electrons. The minimum absolute atomic E-state index is 0.110. The molecule has 0 saturated heterocycles. The van der Waals surface area contributed by atoms with Gasteiger partial charge in [0.15, 0.2) is 0 Å². The van der Waals surface area contributed by atoms with Crippen LogP contribution in [0.25, 0.3) is 0 Å². The van der Waals surface area contributed by atoms with Gasteiger partial charge in [-0.25, -0.2) is 0 Å². The highest BCUT2D eigenvalue weighted by Crippen LogP contribution is 2.09. The van der Waals surface area contributed by atoms with Crippen LogP contribution in [0, 0.1) is 0 Å². The van der Waals surface area contributed by atoms with Crippen molar-refractivity contribution in [3.8, 4) is 0 Å². The number of nitrogens with two attached hydrogens (primary N) is 1. The van der Waals surface area contributed by atoms with E-state index in [4.69, 9.17) is 10.5 Å². The van der Waals surface area contributed by atoms with Crippen LogP contribution in [0.5, 0.6) is 0 Å². The van der Waals surface area contributed by atoms with E-state index in [1.54, 1.807) is 0 Å².